The smallest absolute Gasteiger partial charge is 0.335 e. The number of ether oxygens (including phenoxy) is 4. The maximum Gasteiger partial charge on any atom is 0.335 e. The molecule has 6 unspecified atom stereocenters. The van der Waals surface area contributed by atoms with Crippen LogP contribution in [0.5, 0.6) is 0 Å². The summed E-state index contributed by atoms with van der Waals surface area (Å²) >= 11 is 0. The van der Waals surface area contributed by atoms with Crippen LogP contribution in [0.15, 0.2) is 60.8 Å². The van der Waals surface area contributed by atoms with Gasteiger partial charge in [-0.1, -0.05) is 139 Å². The van der Waals surface area contributed by atoms with Gasteiger partial charge in [-0.2, -0.15) is 0 Å². The molecule has 1 aliphatic heterocycles. The summed E-state index contributed by atoms with van der Waals surface area (Å²) in [5.41, 5.74) is 0. The van der Waals surface area contributed by atoms with Crippen LogP contribution in [-0.4, -0.2) is 88.4 Å². The van der Waals surface area contributed by atoms with Gasteiger partial charge in [0.1, 0.15) is 24.9 Å². The third-order valence-electron chi connectivity index (χ3n) is 9.85. The summed E-state index contributed by atoms with van der Waals surface area (Å²) in [5.74, 6) is -2.51. The number of aliphatic hydroxyl groups is 3. The number of carbonyl (C=O) groups is 3. The minimum absolute atomic E-state index is 0.166. The highest BCUT2D eigenvalue weighted by molar-refractivity contribution is 5.73. The number of esters is 2. The van der Waals surface area contributed by atoms with Crippen LogP contribution in [0.4, 0.5) is 0 Å². The van der Waals surface area contributed by atoms with Gasteiger partial charge in [-0.05, 0) is 77.0 Å². The predicted molar refractivity (Wildman–Crippen MR) is 229 cm³/mol. The lowest BCUT2D eigenvalue weighted by Gasteiger charge is -2.38. The topological polar surface area (TPSA) is 169 Å². The molecule has 4 N–H and O–H groups in total. The largest absolute Gasteiger partial charge is 0.479 e. The summed E-state index contributed by atoms with van der Waals surface area (Å²) in [6, 6.07) is 0. The Morgan fingerprint density at radius 2 is 1.02 bits per heavy atom. The Morgan fingerprint density at radius 3 is 1.59 bits per heavy atom. The third-order valence-corrected chi connectivity index (χ3v) is 9.85. The quantitative estimate of drug-likeness (QED) is 0.0270. The molecular formula is C47H78O11. The van der Waals surface area contributed by atoms with Crippen LogP contribution >= 0.6 is 0 Å². The molecule has 1 fully saturated rings. The lowest BCUT2D eigenvalue weighted by molar-refractivity contribution is -0.298. The molecule has 6 atom stereocenters. The fourth-order valence-electron chi connectivity index (χ4n) is 6.33. The van der Waals surface area contributed by atoms with E-state index in [1.54, 1.807) is 0 Å². The van der Waals surface area contributed by atoms with E-state index in [0.717, 1.165) is 70.6 Å². The van der Waals surface area contributed by atoms with Crippen LogP contribution < -0.4 is 0 Å². The van der Waals surface area contributed by atoms with Gasteiger partial charge in [-0.3, -0.25) is 9.59 Å². The summed E-state index contributed by atoms with van der Waals surface area (Å²) in [6.07, 6.45) is 35.6. The first-order chi connectivity index (χ1) is 28.2. The molecule has 1 aliphatic rings. The fraction of sp³-hybridized carbons (Fsp3) is 0.723. The van der Waals surface area contributed by atoms with E-state index >= 15 is 0 Å². The summed E-state index contributed by atoms with van der Waals surface area (Å²) in [6.45, 7) is 3.65. The summed E-state index contributed by atoms with van der Waals surface area (Å²) in [5, 5.41) is 39.8. The molecule has 1 rings (SSSR count). The van der Waals surface area contributed by atoms with E-state index in [-0.39, 0.29) is 19.4 Å². The van der Waals surface area contributed by atoms with E-state index in [1.165, 1.54) is 57.8 Å². The van der Waals surface area contributed by atoms with Crippen LogP contribution in [0, 0.1) is 0 Å². The zero-order valence-electron chi connectivity index (χ0n) is 35.8. The molecule has 0 spiro atoms. The molecule has 0 radical (unpaired) electrons. The van der Waals surface area contributed by atoms with Crippen molar-refractivity contribution in [2.24, 2.45) is 0 Å². The summed E-state index contributed by atoms with van der Waals surface area (Å²) in [7, 11) is 0. The second-order valence-electron chi connectivity index (χ2n) is 15.2. The highest BCUT2D eigenvalue weighted by Gasteiger charge is 2.47. The van der Waals surface area contributed by atoms with Crippen molar-refractivity contribution in [1.29, 1.82) is 0 Å². The van der Waals surface area contributed by atoms with E-state index < -0.39 is 61.3 Å². The number of allylic oxidation sites excluding steroid dienone is 10. The van der Waals surface area contributed by atoms with Crippen molar-refractivity contribution >= 4 is 17.9 Å². The molecular weight excluding hydrogens is 741 g/mol. The molecule has 0 bridgehead atoms. The van der Waals surface area contributed by atoms with E-state index in [1.807, 2.05) is 0 Å². The average molecular weight is 819 g/mol. The van der Waals surface area contributed by atoms with Gasteiger partial charge in [-0.15, -0.1) is 0 Å². The Hall–Kier alpha value is -3.09. The number of hydrogen-bond donors (Lipinski definition) is 4. The molecule has 332 valence electrons. The average Bonchev–Trinajstić information content (AvgIpc) is 3.21. The third kappa shape index (κ3) is 28.4. The van der Waals surface area contributed by atoms with E-state index in [9.17, 15) is 34.8 Å². The van der Waals surface area contributed by atoms with E-state index in [0.29, 0.717) is 12.8 Å². The molecule has 11 nitrogen and oxygen atoms in total. The minimum atomic E-state index is -1.87. The highest BCUT2D eigenvalue weighted by Crippen LogP contribution is 2.23. The van der Waals surface area contributed by atoms with Gasteiger partial charge < -0.3 is 39.4 Å². The SMILES string of the molecule is CC/C=C\C/C=C\C/C=C\C/C=C\CCCCC(=O)OCC(COC1OC(C(=O)O)C(O)C(O)C1O)OC(=O)CCCCCCCCC/C=C\CCCCCCCC. The summed E-state index contributed by atoms with van der Waals surface area (Å²) in [4.78, 5) is 36.8. The Bertz CT molecular complexity index is 1190. The number of rotatable bonds is 36. The second-order valence-corrected chi connectivity index (χ2v) is 15.2. The van der Waals surface area contributed by atoms with Gasteiger partial charge in [0.2, 0.25) is 0 Å². The van der Waals surface area contributed by atoms with E-state index in [2.05, 4.69) is 74.6 Å². The molecule has 11 heteroatoms. The van der Waals surface area contributed by atoms with Crippen molar-refractivity contribution in [3.05, 3.63) is 60.8 Å². The number of hydrogen-bond acceptors (Lipinski definition) is 10. The predicted octanol–water partition coefficient (Wildman–Crippen LogP) is 9.53. The first-order valence-electron chi connectivity index (χ1n) is 22.3. The number of carbonyl (C=O) groups excluding carboxylic acids is 2. The van der Waals surface area contributed by atoms with Crippen molar-refractivity contribution in [2.45, 2.75) is 205 Å². The minimum Gasteiger partial charge on any atom is -0.479 e. The normalized spacial score (nSPS) is 20.6. The molecule has 0 amide bonds. The fourth-order valence-corrected chi connectivity index (χ4v) is 6.33. The summed E-state index contributed by atoms with van der Waals surface area (Å²) < 4.78 is 21.7. The lowest BCUT2D eigenvalue weighted by atomic mass is 9.99. The Kier molecular flexibility index (Phi) is 33.7. The Morgan fingerprint density at radius 1 is 0.552 bits per heavy atom. The van der Waals surface area contributed by atoms with Crippen LogP contribution in [0.25, 0.3) is 0 Å². The van der Waals surface area contributed by atoms with Crippen LogP contribution in [-0.2, 0) is 33.3 Å². The van der Waals surface area contributed by atoms with Crippen molar-refractivity contribution in [2.75, 3.05) is 13.2 Å². The lowest BCUT2D eigenvalue weighted by Crippen LogP contribution is -2.60. The Labute approximate surface area is 349 Å². The molecule has 0 saturated carbocycles. The van der Waals surface area contributed by atoms with Gasteiger partial charge in [0.25, 0.3) is 0 Å². The van der Waals surface area contributed by atoms with Crippen LogP contribution in [0.2, 0.25) is 0 Å². The molecule has 0 aromatic heterocycles. The van der Waals surface area contributed by atoms with Crippen molar-refractivity contribution in [1.82, 2.24) is 0 Å². The number of aliphatic hydroxyl groups excluding tert-OH is 3. The molecule has 1 heterocycles. The first kappa shape index (κ1) is 52.9. The van der Waals surface area contributed by atoms with Crippen molar-refractivity contribution in [3.63, 3.8) is 0 Å². The van der Waals surface area contributed by atoms with Crippen LogP contribution in [0.3, 0.4) is 0 Å². The van der Waals surface area contributed by atoms with Gasteiger partial charge in [0.15, 0.2) is 18.5 Å². The van der Waals surface area contributed by atoms with E-state index in [4.69, 9.17) is 18.9 Å². The first-order valence-corrected chi connectivity index (χ1v) is 22.3. The maximum absolute atomic E-state index is 12.8. The molecule has 1 saturated heterocycles. The van der Waals surface area contributed by atoms with Gasteiger partial charge in [-0.25, -0.2) is 4.79 Å². The number of unbranched alkanes of at least 4 members (excludes halogenated alkanes) is 15. The molecule has 0 aliphatic carbocycles. The second kappa shape index (κ2) is 36.9. The molecule has 58 heavy (non-hydrogen) atoms. The highest BCUT2D eigenvalue weighted by atomic mass is 16.7. The number of carboxylic acids is 1. The van der Waals surface area contributed by atoms with Gasteiger partial charge in [0.05, 0.1) is 6.61 Å². The van der Waals surface area contributed by atoms with Crippen molar-refractivity contribution in [3.8, 4) is 0 Å². The zero-order chi connectivity index (χ0) is 42.5. The monoisotopic (exact) mass is 819 g/mol. The van der Waals surface area contributed by atoms with Gasteiger partial charge >= 0.3 is 17.9 Å². The van der Waals surface area contributed by atoms with Gasteiger partial charge in [0, 0.05) is 12.8 Å². The number of aliphatic carboxylic acids is 1. The maximum atomic E-state index is 12.8. The van der Waals surface area contributed by atoms with Crippen LogP contribution in [0.1, 0.15) is 168 Å². The van der Waals surface area contributed by atoms with Crippen molar-refractivity contribution < 1.29 is 53.8 Å². The zero-order valence-corrected chi connectivity index (χ0v) is 35.8. The molecule has 0 aromatic carbocycles. The number of carboxylic acid groups (broad SMARTS) is 1. The standard InChI is InChI=1S/C47H78O11/c1-3-5-7-9-11-13-15-17-19-20-22-24-26-28-30-32-34-36-41(49)57-39(38-56-47-44(52)42(50)43(51)45(58-47)46(53)54)37-55-40(48)35-33-31-29-27-25-23-21-18-16-14-12-10-8-6-4-2/h6,8,12,14,17-19,21,25,27,39,42-45,47,50-52H,3-5,7,9-11,13,15-16,20,22-24,26,28-38H2,1-2H3,(H,53,54)/b8-6-,14-12-,19-17-,21-18-,27-25-. The Balaban J connectivity index is 2.41. The molecule has 0 aromatic rings.